The number of aliphatic imine (C=N–C) groups is 1. The van der Waals surface area contributed by atoms with Crippen LogP contribution in [0.3, 0.4) is 0 Å². The van der Waals surface area contributed by atoms with E-state index in [0.717, 1.165) is 18.2 Å². The van der Waals surface area contributed by atoms with E-state index in [0.29, 0.717) is 34.1 Å². The largest absolute Gasteiger partial charge is 0.497 e. The molecule has 14 heteroatoms. The summed E-state index contributed by atoms with van der Waals surface area (Å²) in [6.07, 6.45) is -3.80. The molecule has 46 heavy (non-hydrogen) atoms. The molecule has 0 unspecified atom stereocenters. The highest BCUT2D eigenvalue weighted by Crippen LogP contribution is 2.37. The maximum Gasteiger partial charge on any atom is 0.471 e. The van der Waals surface area contributed by atoms with Gasteiger partial charge in [-0.25, -0.2) is 9.38 Å². The molecule has 1 aliphatic heterocycles. The van der Waals surface area contributed by atoms with E-state index in [-0.39, 0.29) is 36.1 Å². The zero-order valence-corrected chi connectivity index (χ0v) is 25.7. The summed E-state index contributed by atoms with van der Waals surface area (Å²) in [4.78, 5) is 18.0. The van der Waals surface area contributed by atoms with Gasteiger partial charge in [-0.05, 0) is 55.5 Å². The van der Waals surface area contributed by atoms with E-state index in [1.807, 2.05) is 0 Å². The van der Waals surface area contributed by atoms with Gasteiger partial charge in [0.1, 0.15) is 46.7 Å². The van der Waals surface area contributed by atoms with Gasteiger partial charge in [0, 0.05) is 34.5 Å². The molecule has 0 radical (unpaired) electrons. The fourth-order valence-electron chi connectivity index (χ4n) is 4.83. The molecule has 4 rings (SSSR count). The van der Waals surface area contributed by atoms with E-state index in [9.17, 15) is 23.1 Å². The molecule has 0 saturated carbocycles. The van der Waals surface area contributed by atoms with Crippen LogP contribution in [0.25, 0.3) is 0 Å². The van der Waals surface area contributed by atoms with Crippen LogP contribution < -0.4 is 24.3 Å². The lowest BCUT2D eigenvalue weighted by molar-refractivity contribution is -0.167. The van der Waals surface area contributed by atoms with E-state index in [2.05, 4.69) is 0 Å². The van der Waals surface area contributed by atoms with Crippen molar-refractivity contribution in [2.24, 2.45) is 4.99 Å². The van der Waals surface area contributed by atoms with E-state index in [1.165, 1.54) is 41.4 Å². The summed E-state index contributed by atoms with van der Waals surface area (Å²) in [5.74, 6) is -0.936. The maximum atomic E-state index is 15.4. The molecule has 2 N–H and O–H groups in total. The highest BCUT2D eigenvalue weighted by atomic mass is 19.4. The molecule has 3 aromatic carbocycles. The Balaban J connectivity index is 1.83. The van der Waals surface area contributed by atoms with Crippen LogP contribution in [0.1, 0.15) is 23.6 Å². The van der Waals surface area contributed by atoms with Gasteiger partial charge in [0.15, 0.2) is 0 Å². The maximum absolute atomic E-state index is 15.4. The molecular weight excluding hydrogens is 614 g/mol. The van der Waals surface area contributed by atoms with Gasteiger partial charge in [-0.15, -0.1) is 0 Å². The number of rotatable bonds is 11. The van der Waals surface area contributed by atoms with E-state index in [1.54, 1.807) is 46.6 Å². The van der Waals surface area contributed by atoms with Crippen molar-refractivity contribution in [3.8, 4) is 23.0 Å². The minimum Gasteiger partial charge on any atom is -0.497 e. The summed E-state index contributed by atoms with van der Waals surface area (Å²) in [7, 11) is 6.04. The van der Waals surface area contributed by atoms with Crippen molar-refractivity contribution in [2.75, 3.05) is 40.4 Å². The molecule has 1 amide bonds. The Hall–Kier alpha value is -4.98. The van der Waals surface area contributed by atoms with Crippen molar-refractivity contribution < 1.29 is 51.1 Å². The number of nitrogens with one attached hydrogen (secondary N) is 1. The van der Waals surface area contributed by atoms with Gasteiger partial charge in [-0.3, -0.25) is 4.79 Å². The standard InChI is InChI=1S/C32H33F4N3O7/c1-31(25-12-21(8-11-26(25)33)37-29(41)32(34,35)36)15-24(18-40)46-30(38-31)39(16-19-6-9-22(42-2)13-27(19)44-4)17-20-7-10-23(43-3)14-28(20)45-5/h6-15,40H,16-18H2,1-5H3,(H,37,41)/t31-/m0/s1. The molecule has 1 aliphatic rings. The number of carbonyl (C=O) groups excluding carboxylic acids is 1. The highest BCUT2D eigenvalue weighted by Gasteiger charge is 2.39. The average Bonchev–Trinajstić information content (AvgIpc) is 3.04. The van der Waals surface area contributed by atoms with Crippen molar-refractivity contribution in [1.29, 1.82) is 0 Å². The van der Waals surface area contributed by atoms with Crippen molar-refractivity contribution in [1.82, 2.24) is 4.90 Å². The number of alkyl halides is 3. The predicted octanol–water partition coefficient (Wildman–Crippen LogP) is 5.54. The number of amides is 1. The second-order valence-corrected chi connectivity index (χ2v) is 10.3. The predicted molar refractivity (Wildman–Crippen MR) is 160 cm³/mol. The Kier molecular flexibility index (Phi) is 10.3. The zero-order valence-electron chi connectivity index (χ0n) is 25.7. The molecule has 246 valence electrons. The third-order valence-corrected chi connectivity index (χ3v) is 7.16. The van der Waals surface area contributed by atoms with Crippen LogP contribution in [-0.2, 0) is 28.2 Å². The van der Waals surface area contributed by atoms with Gasteiger partial charge in [0.05, 0.1) is 41.5 Å². The number of anilines is 1. The number of ether oxygens (including phenoxy) is 5. The van der Waals surface area contributed by atoms with Gasteiger partial charge in [0.2, 0.25) is 0 Å². The molecule has 1 atom stereocenters. The monoisotopic (exact) mass is 647 g/mol. The molecule has 3 aromatic rings. The lowest BCUT2D eigenvalue weighted by atomic mass is 9.90. The van der Waals surface area contributed by atoms with Crippen LogP contribution in [0, 0.1) is 5.82 Å². The minimum absolute atomic E-state index is 0.00465. The van der Waals surface area contributed by atoms with Crippen LogP contribution in [0.5, 0.6) is 23.0 Å². The second-order valence-electron chi connectivity index (χ2n) is 10.3. The number of carbonyl (C=O) groups is 1. The van der Waals surface area contributed by atoms with Crippen molar-refractivity contribution in [2.45, 2.75) is 31.7 Å². The normalized spacial score (nSPS) is 16.0. The first-order valence-electron chi connectivity index (χ1n) is 13.8. The SMILES string of the molecule is COc1ccc(CN(Cc2ccc(OC)cc2OC)C2=N[C@](C)(c3cc(NC(=O)C(F)(F)F)ccc3F)C=C(CO)O2)c(OC)c1. The summed E-state index contributed by atoms with van der Waals surface area (Å²) >= 11 is 0. The lowest BCUT2D eigenvalue weighted by Gasteiger charge is -2.34. The lowest BCUT2D eigenvalue weighted by Crippen LogP contribution is -2.38. The van der Waals surface area contributed by atoms with Gasteiger partial charge >= 0.3 is 12.1 Å². The highest BCUT2D eigenvalue weighted by molar-refractivity contribution is 5.95. The first kappa shape index (κ1) is 33.9. The Morgan fingerprint density at radius 1 is 0.913 bits per heavy atom. The topological polar surface area (TPSA) is 111 Å². The van der Waals surface area contributed by atoms with Crippen LogP contribution >= 0.6 is 0 Å². The Morgan fingerprint density at radius 2 is 1.48 bits per heavy atom. The van der Waals surface area contributed by atoms with Crippen molar-refractivity contribution in [3.63, 3.8) is 0 Å². The number of benzene rings is 3. The van der Waals surface area contributed by atoms with Crippen molar-refractivity contribution in [3.05, 3.63) is 88.9 Å². The number of hydrogen-bond donors (Lipinski definition) is 2. The van der Waals surface area contributed by atoms with Gasteiger partial charge in [-0.2, -0.15) is 13.2 Å². The number of hydrogen-bond acceptors (Lipinski definition) is 9. The quantitative estimate of drug-likeness (QED) is 0.261. The van der Waals surface area contributed by atoms with E-state index < -0.39 is 30.0 Å². The summed E-state index contributed by atoms with van der Waals surface area (Å²) in [5, 5.41) is 11.9. The fraction of sp³-hybridized carbons (Fsp3) is 0.312. The van der Waals surface area contributed by atoms with Crippen LogP contribution in [-0.4, -0.2) is 63.2 Å². The molecule has 0 saturated heterocycles. The smallest absolute Gasteiger partial charge is 0.471 e. The average molecular weight is 648 g/mol. The molecular formula is C32H33F4N3O7. The third kappa shape index (κ3) is 7.62. The Labute approximate surface area is 262 Å². The van der Waals surface area contributed by atoms with Gasteiger partial charge in [0.25, 0.3) is 6.02 Å². The van der Waals surface area contributed by atoms with Crippen LogP contribution in [0.2, 0.25) is 0 Å². The minimum atomic E-state index is -5.15. The molecule has 0 spiro atoms. The number of halogens is 4. The number of nitrogens with zero attached hydrogens (tertiary/aromatic N) is 2. The first-order valence-corrected chi connectivity index (χ1v) is 13.8. The second kappa shape index (κ2) is 14.0. The number of methoxy groups -OCH3 is 4. The van der Waals surface area contributed by atoms with Crippen LogP contribution in [0.15, 0.2) is 71.4 Å². The summed E-state index contributed by atoms with van der Waals surface area (Å²) < 4.78 is 82.0. The van der Waals surface area contributed by atoms with Crippen molar-refractivity contribution >= 4 is 17.6 Å². The zero-order chi connectivity index (χ0) is 33.6. The molecule has 0 bridgehead atoms. The summed E-state index contributed by atoms with van der Waals surface area (Å²) in [6.45, 7) is 1.14. The number of aliphatic hydroxyl groups is 1. The molecule has 0 aromatic heterocycles. The first-order chi connectivity index (χ1) is 21.8. The molecule has 10 nitrogen and oxygen atoms in total. The third-order valence-electron chi connectivity index (χ3n) is 7.16. The number of amidine groups is 1. The van der Waals surface area contributed by atoms with Gasteiger partial charge < -0.3 is 39.0 Å². The molecule has 0 aliphatic carbocycles. The van der Waals surface area contributed by atoms with E-state index >= 15 is 4.39 Å². The molecule has 0 fully saturated rings. The Bertz CT molecular complexity index is 1590. The van der Waals surface area contributed by atoms with E-state index in [4.69, 9.17) is 28.7 Å². The fourth-order valence-corrected chi connectivity index (χ4v) is 4.83. The molecule has 1 heterocycles. The number of aliphatic hydroxyl groups excluding tert-OH is 1. The van der Waals surface area contributed by atoms with Gasteiger partial charge in [-0.1, -0.05) is 0 Å². The summed E-state index contributed by atoms with van der Waals surface area (Å²) in [6, 6.07) is 13.4. The Morgan fingerprint density at radius 3 is 1.96 bits per heavy atom. The summed E-state index contributed by atoms with van der Waals surface area (Å²) in [5.41, 5.74) is -0.701. The van der Waals surface area contributed by atoms with Crippen LogP contribution in [0.4, 0.5) is 23.2 Å².